The van der Waals surface area contributed by atoms with E-state index in [1.54, 1.807) is 12.1 Å². The first kappa shape index (κ1) is 14.7. The molecule has 0 saturated heterocycles. The molecule has 0 saturated carbocycles. The second-order valence-corrected chi connectivity index (χ2v) is 5.67. The van der Waals surface area contributed by atoms with Crippen LogP contribution in [0.2, 0.25) is 0 Å². The Labute approximate surface area is 118 Å². The summed E-state index contributed by atoms with van der Waals surface area (Å²) in [4.78, 5) is 0. The van der Waals surface area contributed by atoms with Crippen molar-refractivity contribution in [3.63, 3.8) is 0 Å². The van der Waals surface area contributed by atoms with Gasteiger partial charge in [-0.1, -0.05) is 26.0 Å². The Balaban J connectivity index is 2.02. The van der Waals surface area contributed by atoms with Crippen molar-refractivity contribution in [2.75, 3.05) is 0 Å². The second-order valence-electron chi connectivity index (χ2n) is 5.67. The van der Waals surface area contributed by atoms with Gasteiger partial charge < -0.3 is 4.42 Å². The van der Waals surface area contributed by atoms with E-state index in [0.29, 0.717) is 18.3 Å². The summed E-state index contributed by atoms with van der Waals surface area (Å²) in [5, 5.41) is 11.3. The Bertz CT molecular complexity index is 561. The molecular weight excluding hydrogens is 257 g/mol. The predicted molar refractivity (Wildman–Crippen MR) is 74.7 cm³/mol. The highest BCUT2D eigenvalue weighted by atomic mass is 19.1. The number of benzene rings is 1. The van der Waals surface area contributed by atoms with Crippen LogP contribution in [-0.4, -0.2) is 10.2 Å². The Morgan fingerprint density at radius 1 is 1.20 bits per heavy atom. The Kier molecular flexibility index (Phi) is 4.18. The smallest absolute Gasteiger partial charge is 0.230 e. The molecule has 0 aliphatic carbocycles. The fraction of sp³-hybridized carbons (Fsp3) is 0.467. The van der Waals surface area contributed by atoms with Crippen LogP contribution >= 0.6 is 0 Å². The zero-order chi connectivity index (χ0) is 14.8. The average Bonchev–Trinajstić information content (AvgIpc) is 2.86. The van der Waals surface area contributed by atoms with E-state index in [1.165, 1.54) is 12.1 Å². The molecule has 1 heterocycles. The van der Waals surface area contributed by atoms with Crippen molar-refractivity contribution in [3.8, 4) is 0 Å². The third-order valence-corrected chi connectivity index (χ3v) is 3.22. The van der Waals surface area contributed by atoms with Crippen LogP contribution in [-0.2, 0) is 12.1 Å². The zero-order valence-electron chi connectivity index (χ0n) is 12.3. The molecule has 0 radical (unpaired) electrons. The molecule has 0 fully saturated rings. The lowest BCUT2D eigenvalue weighted by Gasteiger charge is -2.26. The number of aromatic nitrogens is 2. The number of halogens is 1. The molecule has 20 heavy (non-hydrogen) atoms. The van der Waals surface area contributed by atoms with Crippen LogP contribution in [0.15, 0.2) is 28.7 Å². The number of rotatable bonds is 5. The van der Waals surface area contributed by atoms with Gasteiger partial charge in [-0.25, -0.2) is 4.39 Å². The van der Waals surface area contributed by atoms with E-state index in [1.807, 2.05) is 27.7 Å². The fourth-order valence-electron chi connectivity index (χ4n) is 1.84. The van der Waals surface area contributed by atoms with Gasteiger partial charge in [-0.05, 0) is 31.5 Å². The second kappa shape index (κ2) is 5.71. The van der Waals surface area contributed by atoms with Crippen molar-refractivity contribution in [1.82, 2.24) is 15.5 Å². The molecule has 4 nitrogen and oxygen atoms in total. The molecule has 2 aromatic rings. The van der Waals surface area contributed by atoms with Gasteiger partial charge in [0.1, 0.15) is 5.82 Å². The van der Waals surface area contributed by atoms with Gasteiger partial charge in [0.2, 0.25) is 11.8 Å². The first-order valence-corrected chi connectivity index (χ1v) is 6.72. The summed E-state index contributed by atoms with van der Waals surface area (Å²) >= 11 is 0. The minimum absolute atomic E-state index is 0.223. The molecule has 1 aromatic carbocycles. The van der Waals surface area contributed by atoms with Crippen molar-refractivity contribution in [1.29, 1.82) is 0 Å². The lowest BCUT2D eigenvalue weighted by Crippen LogP contribution is -2.36. The maximum Gasteiger partial charge on any atom is 0.230 e. The molecule has 0 aliphatic rings. The van der Waals surface area contributed by atoms with E-state index in [9.17, 15) is 4.39 Å². The van der Waals surface area contributed by atoms with Crippen molar-refractivity contribution in [2.45, 2.75) is 45.7 Å². The van der Waals surface area contributed by atoms with Gasteiger partial charge in [0.25, 0.3) is 0 Å². The summed E-state index contributed by atoms with van der Waals surface area (Å²) in [6, 6.07) is 6.47. The zero-order valence-corrected chi connectivity index (χ0v) is 12.3. The van der Waals surface area contributed by atoms with Crippen LogP contribution < -0.4 is 5.32 Å². The number of nitrogens with zero attached hydrogens (tertiary/aromatic N) is 2. The van der Waals surface area contributed by atoms with Gasteiger partial charge in [-0.15, -0.1) is 10.2 Å². The van der Waals surface area contributed by atoms with E-state index in [4.69, 9.17) is 4.42 Å². The number of nitrogens with one attached hydrogen (secondary N) is 1. The molecule has 1 aromatic heterocycles. The van der Waals surface area contributed by atoms with Gasteiger partial charge in [0, 0.05) is 11.5 Å². The topological polar surface area (TPSA) is 51.0 Å². The van der Waals surface area contributed by atoms with Crippen molar-refractivity contribution in [2.24, 2.45) is 0 Å². The quantitative estimate of drug-likeness (QED) is 0.910. The van der Waals surface area contributed by atoms with E-state index in [2.05, 4.69) is 15.5 Å². The third-order valence-electron chi connectivity index (χ3n) is 3.22. The molecule has 0 unspecified atom stereocenters. The molecule has 0 aliphatic heterocycles. The molecule has 0 spiro atoms. The minimum Gasteiger partial charge on any atom is -0.424 e. The largest absolute Gasteiger partial charge is 0.424 e. The van der Waals surface area contributed by atoms with Crippen molar-refractivity contribution in [3.05, 3.63) is 47.4 Å². The SMILES string of the molecule is CC(C)c1nnc(CNC(C)(C)c2ccc(F)cc2)o1. The monoisotopic (exact) mass is 277 g/mol. The third kappa shape index (κ3) is 3.42. The van der Waals surface area contributed by atoms with E-state index in [0.717, 1.165) is 5.56 Å². The Hall–Kier alpha value is -1.75. The van der Waals surface area contributed by atoms with Gasteiger partial charge in [-0.3, -0.25) is 5.32 Å². The van der Waals surface area contributed by atoms with Crippen molar-refractivity contribution < 1.29 is 8.81 Å². The maximum atomic E-state index is 13.0. The average molecular weight is 277 g/mol. The van der Waals surface area contributed by atoms with Gasteiger partial charge in [0.15, 0.2) is 0 Å². The number of hydrogen-bond donors (Lipinski definition) is 1. The molecule has 0 amide bonds. The summed E-state index contributed by atoms with van der Waals surface area (Å²) in [6.45, 7) is 8.55. The summed E-state index contributed by atoms with van der Waals surface area (Å²) in [5.41, 5.74) is 0.697. The molecule has 1 N–H and O–H groups in total. The van der Waals surface area contributed by atoms with E-state index in [-0.39, 0.29) is 17.3 Å². The standard InChI is InChI=1S/C15H20FN3O/c1-10(2)14-19-18-13(20-14)9-17-15(3,4)11-5-7-12(16)8-6-11/h5-8,10,17H,9H2,1-4H3. The van der Waals surface area contributed by atoms with Crippen LogP contribution in [0, 0.1) is 5.82 Å². The van der Waals surface area contributed by atoms with Crippen LogP contribution in [0.1, 0.15) is 51.0 Å². The summed E-state index contributed by atoms with van der Waals surface area (Å²) < 4.78 is 18.5. The normalized spacial score (nSPS) is 12.1. The highest BCUT2D eigenvalue weighted by Crippen LogP contribution is 2.21. The maximum absolute atomic E-state index is 13.0. The first-order chi connectivity index (χ1) is 9.38. The Morgan fingerprint density at radius 3 is 2.40 bits per heavy atom. The van der Waals surface area contributed by atoms with Crippen LogP contribution in [0.4, 0.5) is 4.39 Å². The van der Waals surface area contributed by atoms with Gasteiger partial charge in [0.05, 0.1) is 6.54 Å². The molecule has 108 valence electrons. The first-order valence-electron chi connectivity index (χ1n) is 6.72. The molecular formula is C15H20FN3O. The lowest BCUT2D eigenvalue weighted by molar-refractivity contribution is 0.353. The molecule has 2 rings (SSSR count). The summed E-state index contributed by atoms with van der Waals surface area (Å²) in [5.74, 6) is 1.19. The lowest BCUT2D eigenvalue weighted by atomic mass is 9.94. The van der Waals surface area contributed by atoms with Crippen LogP contribution in [0.3, 0.4) is 0 Å². The molecule has 5 heteroatoms. The highest BCUT2D eigenvalue weighted by Gasteiger charge is 2.21. The Morgan fingerprint density at radius 2 is 1.85 bits per heavy atom. The summed E-state index contributed by atoms with van der Waals surface area (Å²) in [6.07, 6.45) is 0. The molecule has 0 bridgehead atoms. The van der Waals surface area contributed by atoms with Crippen LogP contribution in [0.5, 0.6) is 0 Å². The van der Waals surface area contributed by atoms with Crippen LogP contribution in [0.25, 0.3) is 0 Å². The fourth-order valence-corrected chi connectivity index (χ4v) is 1.84. The van der Waals surface area contributed by atoms with Gasteiger partial charge in [-0.2, -0.15) is 0 Å². The summed E-state index contributed by atoms with van der Waals surface area (Å²) in [7, 11) is 0. The van der Waals surface area contributed by atoms with E-state index < -0.39 is 0 Å². The predicted octanol–water partition coefficient (Wildman–Crippen LogP) is 3.36. The highest BCUT2D eigenvalue weighted by molar-refractivity contribution is 5.23. The number of hydrogen-bond acceptors (Lipinski definition) is 4. The minimum atomic E-state index is -0.305. The molecule has 0 atom stereocenters. The van der Waals surface area contributed by atoms with E-state index >= 15 is 0 Å². The van der Waals surface area contributed by atoms with Crippen molar-refractivity contribution >= 4 is 0 Å². The van der Waals surface area contributed by atoms with Gasteiger partial charge >= 0.3 is 0 Å².